The Morgan fingerprint density at radius 2 is 1.47 bits per heavy atom. The van der Waals surface area contributed by atoms with Gasteiger partial charge in [0.1, 0.15) is 11.6 Å². The van der Waals surface area contributed by atoms with Crippen LogP contribution in [0.25, 0.3) is 11.1 Å². The van der Waals surface area contributed by atoms with Gasteiger partial charge in [-0.25, -0.2) is 4.39 Å². The van der Waals surface area contributed by atoms with Crippen molar-refractivity contribution in [2.45, 2.75) is 104 Å². The molecule has 0 spiro atoms. The van der Waals surface area contributed by atoms with Gasteiger partial charge >= 0.3 is 0 Å². The lowest BCUT2D eigenvalue weighted by Gasteiger charge is -2.39. The number of nitriles is 1. The highest BCUT2D eigenvalue weighted by atomic mass is 19.2. The van der Waals surface area contributed by atoms with Gasteiger partial charge in [-0.1, -0.05) is 90.4 Å². The van der Waals surface area contributed by atoms with E-state index in [9.17, 15) is 14.0 Å². The van der Waals surface area contributed by atoms with Crippen molar-refractivity contribution in [2.24, 2.45) is 5.92 Å². The lowest BCUT2D eigenvalue weighted by Crippen LogP contribution is -2.49. The van der Waals surface area contributed by atoms with Gasteiger partial charge in [0.2, 0.25) is 5.82 Å². The van der Waals surface area contributed by atoms with Crippen LogP contribution in [0.3, 0.4) is 0 Å². The summed E-state index contributed by atoms with van der Waals surface area (Å²) in [7, 11) is 0. The number of oxazole rings is 1. The first-order valence-corrected chi connectivity index (χ1v) is 14.2. The number of hydrogen-bond acceptors (Lipinski definition) is 5. The molecule has 0 unspecified atom stereocenters. The second-order valence-corrected chi connectivity index (χ2v) is 10.5. The fourth-order valence-electron chi connectivity index (χ4n) is 5.15. The van der Waals surface area contributed by atoms with Crippen molar-refractivity contribution in [3.05, 3.63) is 22.8 Å². The van der Waals surface area contributed by atoms with E-state index >= 15 is 0 Å². The molecule has 2 aromatic rings. The lowest BCUT2D eigenvalue weighted by atomic mass is 9.99. The van der Waals surface area contributed by atoms with E-state index in [0.29, 0.717) is 12.5 Å². The third kappa shape index (κ3) is 8.16. The van der Waals surface area contributed by atoms with Crippen LogP contribution in [0.15, 0.2) is 4.42 Å². The van der Waals surface area contributed by atoms with E-state index in [4.69, 9.17) is 4.42 Å². The normalized spacial score (nSPS) is 14.3. The van der Waals surface area contributed by atoms with Crippen molar-refractivity contribution in [3.63, 3.8) is 0 Å². The first-order chi connectivity index (χ1) is 17.5. The maximum absolute atomic E-state index is 14.2. The minimum atomic E-state index is -1.09. The molecule has 1 saturated heterocycles. The molecule has 1 aliphatic rings. The topological polar surface area (TPSA) is 65.1 Å². The van der Waals surface area contributed by atoms with E-state index in [1.165, 1.54) is 96.8 Å². The van der Waals surface area contributed by atoms with Gasteiger partial charge in [-0.05, 0) is 19.9 Å². The van der Waals surface area contributed by atoms with Gasteiger partial charge < -0.3 is 14.6 Å². The third-order valence-corrected chi connectivity index (χ3v) is 7.47. The average molecular weight is 503 g/mol. The van der Waals surface area contributed by atoms with Crippen molar-refractivity contribution < 1.29 is 13.2 Å². The van der Waals surface area contributed by atoms with E-state index in [-0.39, 0.29) is 28.2 Å². The monoisotopic (exact) mass is 502 g/mol. The van der Waals surface area contributed by atoms with Crippen LogP contribution < -0.4 is 5.32 Å². The Hall–Kier alpha value is -2.20. The maximum Gasteiger partial charge on any atom is 0.295 e. The number of hydrogen-bond donors (Lipinski definition) is 1. The average Bonchev–Trinajstić information content (AvgIpc) is 3.27. The number of unbranched alkanes of at least 4 members (excludes halogenated alkanes) is 13. The molecule has 0 saturated carbocycles. The molecule has 1 N–H and O–H groups in total. The van der Waals surface area contributed by atoms with Gasteiger partial charge in [-0.2, -0.15) is 14.6 Å². The molecule has 1 aliphatic heterocycles. The number of nitrogens with one attached hydrogen (secondary N) is 1. The van der Waals surface area contributed by atoms with Crippen molar-refractivity contribution in [2.75, 3.05) is 31.5 Å². The van der Waals surface area contributed by atoms with Crippen LogP contribution in [-0.2, 0) is 0 Å². The number of aromatic nitrogens is 1. The number of fused-ring (bicyclic) bond motifs is 1. The van der Waals surface area contributed by atoms with Gasteiger partial charge in [0.25, 0.3) is 6.01 Å². The highest BCUT2D eigenvalue weighted by Gasteiger charge is 2.27. The Kier molecular flexibility index (Phi) is 11.9. The Morgan fingerprint density at radius 1 is 0.917 bits per heavy atom. The Morgan fingerprint density at radius 3 is 2.03 bits per heavy atom. The summed E-state index contributed by atoms with van der Waals surface area (Å²) < 4.78 is 33.5. The van der Waals surface area contributed by atoms with Gasteiger partial charge in [0, 0.05) is 31.1 Å². The predicted octanol–water partition coefficient (Wildman–Crippen LogP) is 8.11. The molecule has 200 valence electrons. The molecule has 3 rings (SSSR count). The fourth-order valence-corrected chi connectivity index (χ4v) is 5.15. The van der Waals surface area contributed by atoms with Crippen molar-refractivity contribution >= 4 is 17.1 Å². The molecule has 1 fully saturated rings. The van der Waals surface area contributed by atoms with Gasteiger partial charge in [0.05, 0.1) is 5.56 Å². The standard InChI is InChI=1S/C29H44F2N4O/c1-3-4-5-6-7-8-9-10-11-12-13-14-15-16-17-35-20-23(21-35)19-33-29-34-27-24(18-32)22(2)25(30)26(31)28(27)36-29/h23H,3-17,19-21H2,1-2H3,(H,33,34). The Bertz CT molecular complexity index is 978. The van der Waals surface area contributed by atoms with E-state index < -0.39 is 11.6 Å². The summed E-state index contributed by atoms with van der Waals surface area (Å²) in [5.41, 5.74) is -0.251. The second kappa shape index (κ2) is 15.1. The number of anilines is 1. The van der Waals surface area contributed by atoms with Crippen molar-refractivity contribution in [1.82, 2.24) is 9.88 Å². The molecule has 5 nitrogen and oxygen atoms in total. The number of nitrogens with zero attached hydrogens (tertiary/aromatic N) is 3. The molecule has 0 radical (unpaired) electrons. The molecule has 0 aliphatic carbocycles. The van der Waals surface area contributed by atoms with Crippen LogP contribution in [0.2, 0.25) is 0 Å². The number of likely N-dealkylation sites (tertiary alicyclic amines) is 1. The summed E-state index contributed by atoms with van der Waals surface area (Å²) in [5.74, 6) is -1.67. The zero-order chi connectivity index (χ0) is 25.8. The number of rotatable bonds is 18. The van der Waals surface area contributed by atoms with E-state index in [2.05, 4.69) is 22.1 Å². The summed E-state index contributed by atoms with van der Waals surface area (Å²) >= 11 is 0. The summed E-state index contributed by atoms with van der Waals surface area (Å²) in [6, 6.07) is 2.04. The summed E-state index contributed by atoms with van der Waals surface area (Å²) in [6.07, 6.45) is 19.3. The van der Waals surface area contributed by atoms with Crippen LogP contribution in [0.1, 0.15) is 108 Å². The third-order valence-electron chi connectivity index (χ3n) is 7.47. The first-order valence-electron chi connectivity index (χ1n) is 14.2. The fraction of sp³-hybridized carbons (Fsp3) is 0.724. The van der Waals surface area contributed by atoms with Crippen LogP contribution in [0.5, 0.6) is 0 Å². The zero-order valence-corrected chi connectivity index (χ0v) is 22.3. The van der Waals surface area contributed by atoms with Crippen LogP contribution >= 0.6 is 0 Å². The Labute approximate surface area is 215 Å². The number of halogens is 2. The minimum absolute atomic E-state index is 0.0173. The second-order valence-electron chi connectivity index (χ2n) is 10.5. The largest absolute Gasteiger partial charge is 0.420 e. The molecule has 0 amide bonds. The number of benzene rings is 1. The van der Waals surface area contributed by atoms with Gasteiger partial charge in [-0.15, -0.1) is 0 Å². The summed E-state index contributed by atoms with van der Waals surface area (Å²) in [6.45, 7) is 7.50. The highest BCUT2D eigenvalue weighted by molar-refractivity contribution is 5.83. The summed E-state index contributed by atoms with van der Waals surface area (Å²) in [5, 5.41) is 12.4. The maximum atomic E-state index is 14.2. The molecule has 36 heavy (non-hydrogen) atoms. The van der Waals surface area contributed by atoms with Crippen LogP contribution in [0.4, 0.5) is 14.8 Å². The molecule has 2 heterocycles. The van der Waals surface area contributed by atoms with E-state index in [1.54, 1.807) is 0 Å². The SMILES string of the molecule is CCCCCCCCCCCCCCCCN1CC(CNc2nc3c(C#N)c(C)c(F)c(F)c3o2)C1. The first kappa shape index (κ1) is 28.4. The zero-order valence-electron chi connectivity index (χ0n) is 22.3. The van der Waals surface area contributed by atoms with E-state index in [0.717, 1.165) is 19.6 Å². The highest BCUT2D eigenvalue weighted by Crippen LogP contribution is 2.30. The Balaban J connectivity index is 1.19. The molecule has 1 aromatic carbocycles. The smallest absolute Gasteiger partial charge is 0.295 e. The van der Waals surface area contributed by atoms with Crippen LogP contribution in [-0.4, -0.2) is 36.1 Å². The molecular formula is C29H44F2N4O. The van der Waals surface area contributed by atoms with Crippen LogP contribution in [0, 0.1) is 35.8 Å². The summed E-state index contributed by atoms with van der Waals surface area (Å²) in [4.78, 5) is 6.66. The molecular weight excluding hydrogens is 458 g/mol. The molecule has 7 heteroatoms. The quantitative estimate of drug-likeness (QED) is 0.209. The van der Waals surface area contributed by atoms with Gasteiger partial charge in [-0.3, -0.25) is 0 Å². The predicted molar refractivity (Wildman–Crippen MR) is 142 cm³/mol. The molecule has 0 bridgehead atoms. The molecule has 1 aromatic heterocycles. The lowest BCUT2D eigenvalue weighted by molar-refractivity contribution is 0.106. The van der Waals surface area contributed by atoms with E-state index in [1.807, 2.05) is 6.07 Å². The molecule has 0 atom stereocenters. The van der Waals surface area contributed by atoms with Crippen molar-refractivity contribution in [1.29, 1.82) is 5.26 Å². The van der Waals surface area contributed by atoms with Gasteiger partial charge in [0.15, 0.2) is 11.4 Å². The van der Waals surface area contributed by atoms with Crippen molar-refractivity contribution in [3.8, 4) is 6.07 Å². The minimum Gasteiger partial charge on any atom is -0.420 e.